The number of hydrogen-bond donors (Lipinski definition) is 0. The summed E-state index contributed by atoms with van der Waals surface area (Å²) in [6.45, 7) is 0. The van der Waals surface area contributed by atoms with Crippen molar-refractivity contribution in [1.29, 1.82) is 0 Å². The third-order valence-electron chi connectivity index (χ3n) is 3.14. The molecule has 118 valence electrons. The molecule has 2 aromatic carbocycles. The summed E-state index contributed by atoms with van der Waals surface area (Å²) in [7, 11) is 0.274. The molecule has 3 rings (SSSR count). The van der Waals surface area contributed by atoms with Gasteiger partial charge in [-0.3, -0.25) is 4.21 Å². The molecular formula is C16H13ClN2O3S. The molecule has 0 aliphatic heterocycles. The molecule has 0 amide bonds. The Bertz CT molecular complexity index is 851. The highest BCUT2D eigenvalue weighted by molar-refractivity contribution is 7.84. The van der Waals surface area contributed by atoms with Crippen LogP contribution in [0.2, 0.25) is 5.02 Å². The van der Waals surface area contributed by atoms with E-state index in [0.29, 0.717) is 32.9 Å². The molecule has 0 N–H and O–H groups in total. The van der Waals surface area contributed by atoms with Gasteiger partial charge in [-0.25, -0.2) is 0 Å². The SMILES string of the molecule is COc1cccc([S@@](=O)Cc2noc(-c3ccccc3Cl)n2)c1. The minimum absolute atomic E-state index is 0.154. The average molecular weight is 349 g/mol. The van der Waals surface area contributed by atoms with Crippen LogP contribution in [0.3, 0.4) is 0 Å². The lowest BCUT2D eigenvalue weighted by Gasteiger charge is -2.02. The van der Waals surface area contributed by atoms with Gasteiger partial charge < -0.3 is 9.26 Å². The molecule has 1 heterocycles. The van der Waals surface area contributed by atoms with E-state index in [2.05, 4.69) is 10.1 Å². The number of halogens is 1. The van der Waals surface area contributed by atoms with Gasteiger partial charge in [-0.1, -0.05) is 35.0 Å². The topological polar surface area (TPSA) is 65.2 Å². The fourth-order valence-corrected chi connectivity index (χ4v) is 3.21. The summed E-state index contributed by atoms with van der Waals surface area (Å²) in [6, 6.07) is 14.3. The Hall–Kier alpha value is -2.18. The monoisotopic (exact) mass is 348 g/mol. The lowest BCUT2D eigenvalue weighted by molar-refractivity contribution is 0.413. The second-order valence-electron chi connectivity index (χ2n) is 4.66. The second kappa shape index (κ2) is 6.93. The molecule has 0 aliphatic rings. The normalized spacial score (nSPS) is 12.1. The molecule has 0 saturated carbocycles. The van der Waals surface area contributed by atoms with Crippen molar-refractivity contribution in [2.75, 3.05) is 7.11 Å². The minimum atomic E-state index is -1.29. The van der Waals surface area contributed by atoms with E-state index in [1.54, 1.807) is 43.5 Å². The minimum Gasteiger partial charge on any atom is -0.497 e. The molecule has 1 aromatic heterocycles. The van der Waals surface area contributed by atoms with Crippen LogP contribution >= 0.6 is 11.6 Å². The third kappa shape index (κ3) is 3.60. The molecule has 0 bridgehead atoms. The maximum absolute atomic E-state index is 12.4. The summed E-state index contributed by atoms with van der Waals surface area (Å²) in [5.74, 6) is 1.48. The van der Waals surface area contributed by atoms with Gasteiger partial charge in [-0.2, -0.15) is 4.98 Å². The van der Waals surface area contributed by atoms with Gasteiger partial charge in [0.2, 0.25) is 0 Å². The predicted octanol–water partition coefficient (Wildman–Crippen LogP) is 3.71. The quantitative estimate of drug-likeness (QED) is 0.703. The Labute approximate surface area is 140 Å². The number of methoxy groups -OCH3 is 1. The number of ether oxygens (including phenoxy) is 1. The molecule has 23 heavy (non-hydrogen) atoms. The first kappa shape index (κ1) is 15.7. The van der Waals surface area contributed by atoms with Crippen molar-refractivity contribution in [3.8, 4) is 17.2 Å². The highest BCUT2D eigenvalue weighted by Gasteiger charge is 2.15. The van der Waals surface area contributed by atoms with Gasteiger partial charge in [0.1, 0.15) is 5.75 Å². The maximum Gasteiger partial charge on any atom is 0.259 e. The van der Waals surface area contributed by atoms with Gasteiger partial charge >= 0.3 is 0 Å². The molecule has 1 atom stereocenters. The van der Waals surface area contributed by atoms with Gasteiger partial charge in [0.15, 0.2) is 5.82 Å². The summed E-state index contributed by atoms with van der Waals surface area (Å²) in [6.07, 6.45) is 0. The average Bonchev–Trinajstić information content (AvgIpc) is 3.03. The van der Waals surface area contributed by atoms with Gasteiger partial charge in [0.25, 0.3) is 5.89 Å². The van der Waals surface area contributed by atoms with Crippen molar-refractivity contribution in [2.45, 2.75) is 10.6 Å². The van der Waals surface area contributed by atoms with E-state index in [0.717, 1.165) is 0 Å². The van der Waals surface area contributed by atoms with Crippen molar-refractivity contribution < 1.29 is 13.5 Å². The maximum atomic E-state index is 12.4. The lowest BCUT2D eigenvalue weighted by atomic mass is 10.2. The number of nitrogens with zero attached hydrogens (tertiary/aromatic N) is 2. The molecule has 0 aliphatic carbocycles. The molecular weight excluding hydrogens is 336 g/mol. The number of rotatable bonds is 5. The Morgan fingerprint density at radius 2 is 2.04 bits per heavy atom. The Morgan fingerprint density at radius 3 is 2.83 bits per heavy atom. The zero-order chi connectivity index (χ0) is 16.2. The lowest BCUT2D eigenvalue weighted by Crippen LogP contribution is -1.99. The summed E-state index contributed by atoms with van der Waals surface area (Å²) >= 11 is 6.10. The van der Waals surface area contributed by atoms with Crippen molar-refractivity contribution in [2.24, 2.45) is 0 Å². The zero-order valence-corrected chi connectivity index (χ0v) is 13.8. The van der Waals surface area contributed by atoms with Crippen LogP contribution in [0.1, 0.15) is 5.82 Å². The molecule has 3 aromatic rings. The second-order valence-corrected chi connectivity index (χ2v) is 6.52. The predicted molar refractivity (Wildman–Crippen MR) is 87.9 cm³/mol. The van der Waals surface area contributed by atoms with Crippen LogP contribution in [-0.4, -0.2) is 21.5 Å². The Kier molecular flexibility index (Phi) is 4.73. The third-order valence-corrected chi connectivity index (χ3v) is 4.77. The van der Waals surface area contributed by atoms with Gasteiger partial charge in [-0.05, 0) is 30.3 Å². The van der Waals surface area contributed by atoms with Crippen LogP contribution in [0.5, 0.6) is 5.75 Å². The fraction of sp³-hybridized carbons (Fsp3) is 0.125. The van der Waals surface area contributed by atoms with E-state index in [9.17, 15) is 4.21 Å². The molecule has 0 spiro atoms. The molecule has 0 radical (unpaired) electrons. The number of aromatic nitrogens is 2. The van der Waals surface area contributed by atoms with Crippen molar-refractivity contribution in [1.82, 2.24) is 10.1 Å². The highest BCUT2D eigenvalue weighted by atomic mass is 35.5. The van der Waals surface area contributed by atoms with Crippen LogP contribution < -0.4 is 4.74 Å². The van der Waals surface area contributed by atoms with E-state index in [1.807, 2.05) is 12.1 Å². The standard InChI is InChI=1S/C16H13ClN2O3S/c1-21-11-5-4-6-12(9-11)23(20)10-15-18-16(22-19-15)13-7-2-3-8-14(13)17/h2-9H,10H2,1H3/t23-/m0/s1. The molecule has 0 fully saturated rings. The van der Waals surface area contributed by atoms with Gasteiger partial charge in [-0.15, -0.1) is 0 Å². The van der Waals surface area contributed by atoms with E-state index >= 15 is 0 Å². The Balaban J connectivity index is 1.79. The van der Waals surface area contributed by atoms with Crippen LogP contribution in [0.15, 0.2) is 57.9 Å². The van der Waals surface area contributed by atoms with E-state index < -0.39 is 10.8 Å². The first-order valence-corrected chi connectivity index (χ1v) is 8.47. The Morgan fingerprint density at radius 1 is 1.22 bits per heavy atom. The molecule has 0 unspecified atom stereocenters. The summed E-state index contributed by atoms with van der Waals surface area (Å²) in [4.78, 5) is 4.91. The first-order valence-electron chi connectivity index (χ1n) is 6.77. The molecule has 0 saturated heterocycles. The first-order chi connectivity index (χ1) is 11.2. The van der Waals surface area contributed by atoms with Crippen molar-refractivity contribution >= 4 is 22.4 Å². The van der Waals surface area contributed by atoms with Crippen LogP contribution in [0, 0.1) is 0 Å². The summed E-state index contributed by atoms with van der Waals surface area (Å²) in [5.41, 5.74) is 0.653. The van der Waals surface area contributed by atoms with Crippen LogP contribution in [0.25, 0.3) is 11.5 Å². The molecule has 7 heteroatoms. The van der Waals surface area contributed by atoms with Crippen LogP contribution in [0.4, 0.5) is 0 Å². The summed E-state index contributed by atoms with van der Waals surface area (Å²) < 4.78 is 22.7. The molecule has 5 nitrogen and oxygen atoms in total. The largest absolute Gasteiger partial charge is 0.497 e. The summed E-state index contributed by atoms with van der Waals surface area (Å²) in [5, 5.41) is 4.40. The zero-order valence-electron chi connectivity index (χ0n) is 12.2. The number of benzene rings is 2. The van der Waals surface area contributed by atoms with Crippen LogP contribution in [-0.2, 0) is 16.6 Å². The smallest absolute Gasteiger partial charge is 0.259 e. The van der Waals surface area contributed by atoms with E-state index in [1.165, 1.54) is 0 Å². The highest BCUT2D eigenvalue weighted by Crippen LogP contribution is 2.26. The van der Waals surface area contributed by atoms with Gasteiger partial charge in [0.05, 0.1) is 34.2 Å². The van der Waals surface area contributed by atoms with E-state index in [4.69, 9.17) is 20.9 Å². The van der Waals surface area contributed by atoms with Crippen molar-refractivity contribution in [3.05, 3.63) is 59.4 Å². The fourth-order valence-electron chi connectivity index (χ4n) is 2.00. The number of hydrogen-bond acceptors (Lipinski definition) is 5. The van der Waals surface area contributed by atoms with Gasteiger partial charge in [0, 0.05) is 4.90 Å². The van der Waals surface area contributed by atoms with Crippen molar-refractivity contribution in [3.63, 3.8) is 0 Å². The van der Waals surface area contributed by atoms with E-state index in [-0.39, 0.29) is 5.75 Å².